The molecule has 2 atom stereocenters. The van der Waals surface area contributed by atoms with Gasteiger partial charge in [-0.15, -0.1) is 0 Å². The van der Waals surface area contributed by atoms with Gasteiger partial charge in [-0.25, -0.2) is 4.39 Å². The Labute approximate surface area is 169 Å². The maximum atomic E-state index is 13.2. The van der Waals surface area contributed by atoms with Gasteiger partial charge in [0.25, 0.3) is 11.8 Å². The lowest BCUT2D eigenvalue weighted by Crippen LogP contribution is -3.11. The van der Waals surface area contributed by atoms with Crippen LogP contribution in [0, 0.1) is 5.82 Å². The number of carbonyl (C=O) groups is 2. The first-order valence-electron chi connectivity index (χ1n) is 9.20. The van der Waals surface area contributed by atoms with Crippen molar-refractivity contribution in [3.63, 3.8) is 0 Å². The normalized spacial score (nSPS) is 12.6. The van der Waals surface area contributed by atoms with Crippen molar-refractivity contribution in [1.29, 1.82) is 0 Å². The van der Waals surface area contributed by atoms with Crippen LogP contribution in [0.3, 0.4) is 0 Å². The molecule has 1 unspecified atom stereocenters. The van der Waals surface area contributed by atoms with Crippen molar-refractivity contribution in [2.24, 2.45) is 0 Å². The average Bonchev–Trinajstić information content (AvgIpc) is 2.66. The number of anilines is 1. The van der Waals surface area contributed by atoms with Crippen molar-refractivity contribution in [3.8, 4) is 11.5 Å². The van der Waals surface area contributed by atoms with E-state index in [1.165, 1.54) is 18.2 Å². The van der Waals surface area contributed by atoms with E-state index in [4.69, 9.17) is 9.47 Å². The molecular weight excluding hydrogens is 377 g/mol. The van der Waals surface area contributed by atoms with E-state index in [0.717, 1.165) is 5.56 Å². The summed E-state index contributed by atoms with van der Waals surface area (Å²) in [6.07, 6.45) is 0. The molecule has 0 heterocycles. The van der Waals surface area contributed by atoms with Crippen molar-refractivity contribution in [2.75, 3.05) is 39.7 Å². The molecule has 2 amide bonds. The van der Waals surface area contributed by atoms with Gasteiger partial charge in [0.2, 0.25) is 0 Å². The van der Waals surface area contributed by atoms with Gasteiger partial charge < -0.3 is 25.0 Å². The van der Waals surface area contributed by atoms with Crippen molar-refractivity contribution in [1.82, 2.24) is 5.32 Å². The Hall–Kier alpha value is -3.13. The summed E-state index contributed by atoms with van der Waals surface area (Å²) in [6.45, 7) is 2.02. The number of rotatable bonds is 9. The Morgan fingerprint density at radius 1 is 1.07 bits per heavy atom. The molecule has 8 heteroatoms. The second-order valence-electron chi connectivity index (χ2n) is 6.77. The highest BCUT2D eigenvalue weighted by atomic mass is 19.1. The third kappa shape index (κ3) is 6.76. The number of halogens is 1. The first-order valence-corrected chi connectivity index (χ1v) is 9.20. The molecule has 0 saturated heterocycles. The van der Waals surface area contributed by atoms with Crippen LogP contribution in [0.25, 0.3) is 0 Å². The van der Waals surface area contributed by atoms with Crippen LogP contribution >= 0.6 is 0 Å². The van der Waals surface area contributed by atoms with E-state index < -0.39 is 5.82 Å². The van der Waals surface area contributed by atoms with Crippen molar-refractivity contribution in [2.45, 2.75) is 13.0 Å². The van der Waals surface area contributed by atoms with Gasteiger partial charge in [-0.2, -0.15) is 0 Å². The van der Waals surface area contributed by atoms with E-state index in [9.17, 15) is 14.0 Å². The number of hydrogen-bond acceptors (Lipinski definition) is 4. The van der Waals surface area contributed by atoms with Crippen molar-refractivity contribution in [3.05, 3.63) is 53.8 Å². The summed E-state index contributed by atoms with van der Waals surface area (Å²) in [5.41, 5.74) is 1.17. The number of carbonyl (C=O) groups excluding carboxylic acids is 2. The number of methoxy groups -OCH3 is 2. The number of ether oxygens (including phenoxy) is 2. The summed E-state index contributed by atoms with van der Waals surface area (Å²) in [7, 11) is 4.87. The van der Waals surface area contributed by atoms with Crippen LogP contribution in [-0.4, -0.2) is 46.2 Å². The number of hydrogen-bond donors (Lipinski definition) is 3. The highest BCUT2D eigenvalue weighted by Gasteiger charge is 2.19. The molecule has 7 nitrogen and oxygen atoms in total. The minimum Gasteiger partial charge on any atom is -0.497 e. The Morgan fingerprint density at radius 3 is 2.45 bits per heavy atom. The molecule has 3 N–H and O–H groups in total. The van der Waals surface area contributed by atoms with Crippen LogP contribution < -0.4 is 25.0 Å². The number of nitrogens with one attached hydrogen (secondary N) is 3. The molecule has 0 fully saturated rings. The Balaban J connectivity index is 1.88. The van der Waals surface area contributed by atoms with Crippen LogP contribution in [0.2, 0.25) is 0 Å². The SMILES string of the molecule is COc1ccc(OC)c([C@H](C)NC(=O)C[NH+](C)CC(=O)Nc2cccc(F)c2)c1. The van der Waals surface area contributed by atoms with Gasteiger partial charge >= 0.3 is 0 Å². The van der Waals surface area contributed by atoms with Crippen LogP contribution in [0.1, 0.15) is 18.5 Å². The minimum absolute atomic E-state index is 0.0702. The van der Waals surface area contributed by atoms with Gasteiger partial charge in [0.05, 0.1) is 27.3 Å². The Morgan fingerprint density at radius 2 is 1.79 bits per heavy atom. The zero-order valence-corrected chi connectivity index (χ0v) is 17.0. The smallest absolute Gasteiger partial charge is 0.279 e. The van der Waals surface area contributed by atoms with E-state index in [1.807, 2.05) is 13.0 Å². The lowest BCUT2D eigenvalue weighted by molar-refractivity contribution is -0.862. The van der Waals surface area contributed by atoms with Gasteiger partial charge in [0.1, 0.15) is 17.3 Å². The molecule has 0 spiro atoms. The standard InChI is InChI=1S/C21H26FN3O4/c1-14(18-11-17(28-3)8-9-19(18)29-4)23-20(26)12-25(2)13-21(27)24-16-7-5-6-15(22)10-16/h5-11,14H,12-13H2,1-4H3,(H,23,26)(H,24,27)/p+1/t14-/m0/s1. The van der Waals surface area contributed by atoms with Crippen LogP contribution in [0.4, 0.5) is 10.1 Å². The average molecular weight is 404 g/mol. The summed E-state index contributed by atoms with van der Waals surface area (Å²) in [4.78, 5) is 25.2. The minimum atomic E-state index is -0.426. The molecule has 0 aliphatic rings. The third-order valence-electron chi connectivity index (χ3n) is 4.31. The second-order valence-corrected chi connectivity index (χ2v) is 6.77. The highest BCUT2D eigenvalue weighted by Crippen LogP contribution is 2.29. The van der Waals surface area contributed by atoms with Gasteiger partial charge in [-0.1, -0.05) is 6.07 Å². The van der Waals surface area contributed by atoms with E-state index in [1.54, 1.807) is 39.5 Å². The Bertz CT molecular complexity index is 860. The number of benzene rings is 2. The van der Waals surface area contributed by atoms with Crippen molar-refractivity contribution >= 4 is 17.5 Å². The molecule has 29 heavy (non-hydrogen) atoms. The van der Waals surface area contributed by atoms with Gasteiger partial charge in [0.15, 0.2) is 13.1 Å². The number of amides is 2. The summed E-state index contributed by atoms with van der Waals surface area (Å²) in [6, 6.07) is 10.7. The largest absolute Gasteiger partial charge is 0.497 e. The predicted molar refractivity (Wildman–Crippen MR) is 108 cm³/mol. The molecule has 2 rings (SSSR count). The third-order valence-corrected chi connectivity index (χ3v) is 4.31. The fourth-order valence-corrected chi connectivity index (χ4v) is 2.93. The van der Waals surface area contributed by atoms with E-state index in [0.29, 0.717) is 22.1 Å². The molecule has 0 aromatic heterocycles. The van der Waals surface area contributed by atoms with Crippen LogP contribution in [0.5, 0.6) is 11.5 Å². The van der Waals surface area contributed by atoms with Gasteiger partial charge in [-0.3, -0.25) is 9.59 Å². The van der Waals surface area contributed by atoms with E-state index >= 15 is 0 Å². The highest BCUT2D eigenvalue weighted by molar-refractivity contribution is 5.91. The lowest BCUT2D eigenvalue weighted by atomic mass is 10.1. The van der Waals surface area contributed by atoms with Crippen LogP contribution in [-0.2, 0) is 9.59 Å². The topological polar surface area (TPSA) is 81.1 Å². The molecule has 0 saturated carbocycles. The zero-order chi connectivity index (χ0) is 21.4. The van der Waals surface area contributed by atoms with Crippen LogP contribution in [0.15, 0.2) is 42.5 Å². The molecule has 0 radical (unpaired) electrons. The molecule has 2 aromatic rings. The fourth-order valence-electron chi connectivity index (χ4n) is 2.93. The molecular formula is C21H27FN3O4+. The molecule has 156 valence electrons. The summed E-state index contributed by atoms with van der Waals surface area (Å²) in [5.74, 6) is 0.374. The number of quaternary nitrogens is 1. The summed E-state index contributed by atoms with van der Waals surface area (Å²) >= 11 is 0. The zero-order valence-electron chi connectivity index (χ0n) is 17.0. The Kier molecular flexibility index (Phi) is 7.97. The number of likely N-dealkylation sites (N-methyl/N-ethyl adjacent to an activating group) is 1. The second kappa shape index (κ2) is 10.4. The summed E-state index contributed by atoms with van der Waals surface area (Å²) in [5, 5.41) is 5.53. The maximum Gasteiger partial charge on any atom is 0.279 e. The first-order chi connectivity index (χ1) is 13.8. The van der Waals surface area contributed by atoms with Gasteiger partial charge in [0, 0.05) is 11.3 Å². The quantitative estimate of drug-likeness (QED) is 0.586. The summed E-state index contributed by atoms with van der Waals surface area (Å²) < 4.78 is 23.8. The molecule has 2 aromatic carbocycles. The maximum absolute atomic E-state index is 13.2. The van der Waals surface area contributed by atoms with E-state index in [2.05, 4.69) is 10.6 Å². The lowest BCUT2D eigenvalue weighted by Gasteiger charge is -2.19. The van der Waals surface area contributed by atoms with E-state index in [-0.39, 0.29) is 30.9 Å². The monoisotopic (exact) mass is 404 g/mol. The van der Waals surface area contributed by atoms with Crippen molar-refractivity contribution < 1.29 is 28.4 Å². The molecule has 0 aliphatic heterocycles. The molecule has 0 bridgehead atoms. The van der Waals surface area contributed by atoms with Gasteiger partial charge in [-0.05, 0) is 43.3 Å². The fraction of sp³-hybridized carbons (Fsp3) is 0.333. The molecule has 0 aliphatic carbocycles. The first kappa shape index (κ1) is 22.2. The predicted octanol–water partition coefficient (Wildman–Crippen LogP) is 1.17.